The van der Waals surface area contributed by atoms with E-state index in [0.29, 0.717) is 19.6 Å². The van der Waals surface area contributed by atoms with Crippen LogP contribution in [-0.2, 0) is 20.7 Å². The molecule has 1 aromatic rings. The number of carbonyl (C=O) groups is 2. The van der Waals surface area contributed by atoms with Crippen LogP contribution < -0.4 is 4.90 Å². The molecule has 1 atom stereocenters. The Hall–Kier alpha value is -1.84. The maximum absolute atomic E-state index is 11.7. The van der Waals surface area contributed by atoms with Crippen LogP contribution in [-0.4, -0.2) is 25.5 Å². The molecule has 0 aromatic heterocycles. The van der Waals surface area contributed by atoms with Crippen LogP contribution in [0.25, 0.3) is 0 Å². The average Bonchev–Trinajstić information content (AvgIpc) is 2.37. The molecular formula is C13H15NO3. The highest BCUT2D eigenvalue weighted by atomic mass is 16.5. The van der Waals surface area contributed by atoms with Gasteiger partial charge in [-0.3, -0.25) is 9.59 Å². The SMILES string of the molecule is CCOC(=O)C1Cc2ccccc2N(C=O)C1. The number of amides is 1. The number of ether oxygens (including phenoxy) is 1. The molecule has 0 aliphatic carbocycles. The zero-order chi connectivity index (χ0) is 12.3. The van der Waals surface area contributed by atoms with Gasteiger partial charge >= 0.3 is 5.97 Å². The van der Waals surface area contributed by atoms with Crippen LogP contribution in [0.4, 0.5) is 5.69 Å². The fourth-order valence-electron chi connectivity index (χ4n) is 2.15. The van der Waals surface area contributed by atoms with Gasteiger partial charge in [0, 0.05) is 12.2 Å². The molecule has 0 spiro atoms. The van der Waals surface area contributed by atoms with Gasteiger partial charge in [0.15, 0.2) is 0 Å². The third kappa shape index (κ3) is 2.30. The number of nitrogens with zero attached hydrogens (tertiary/aromatic N) is 1. The zero-order valence-electron chi connectivity index (χ0n) is 9.76. The van der Waals surface area contributed by atoms with Crippen molar-refractivity contribution in [3.8, 4) is 0 Å². The quantitative estimate of drug-likeness (QED) is 0.585. The smallest absolute Gasteiger partial charge is 0.311 e. The molecule has 1 unspecified atom stereocenters. The molecule has 0 N–H and O–H groups in total. The van der Waals surface area contributed by atoms with Gasteiger partial charge < -0.3 is 9.64 Å². The van der Waals surface area contributed by atoms with Gasteiger partial charge in [-0.1, -0.05) is 18.2 Å². The summed E-state index contributed by atoms with van der Waals surface area (Å²) in [5, 5.41) is 0. The van der Waals surface area contributed by atoms with Crippen LogP contribution in [0.2, 0.25) is 0 Å². The van der Waals surface area contributed by atoms with Crippen LogP contribution in [0.3, 0.4) is 0 Å². The van der Waals surface area contributed by atoms with Crippen LogP contribution in [0, 0.1) is 5.92 Å². The summed E-state index contributed by atoms with van der Waals surface area (Å²) >= 11 is 0. The van der Waals surface area contributed by atoms with E-state index in [-0.39, 0.29) is 11.9 Å². The predicted octanol–water partition coefficient (Wildman–Crippen LogP) is 1.38. The van der Waals surface area contributed by atoms with Crippen molar-refractivity contribution in [1.82, 2.24) is 0 Å². The summed E-state index contributed by atoms with van der Waals surface area (Å²) in [7, 11) is 0. The van der Waals surface area contributed by atoms with Gasteiger partial charge in [0.25, 0.3) is 0 Å². The average molecular weight is 233 g/mol. The second-order valence-corrected chi connectivity index (χ2v) is 4.04. The van der Waals surface area contributed by atoms with E-state index in [1.54, 1.807) is 11.8 Å². The summed E-state index contributed by atoms with van der Waals surface area (Å²) in [6.07, 6.45) is 1.41. The van der Waals surface area contributed by atoms with Crippen molar-refractivity contribution in [3.63, 3.8) is 0 Å². The number of anilines is 1. The normalized spacial score (nSPS) is 18.4. The Morgan fingerprint density at radius 3 is 3.00 bits per heavy atom. The van der Waals surface area contributed by atoms with Gasteiger partial charge in [-0.15, -0.1) is 0 Å². The van der Waals surface area contributed by atoms with Crippen molar-refractivity contribution in [2.75, 3.05) is 18.1 Å². The number of esters is 1. The summed E-state index contributed by atoms with van der Waals surface area (Å²) in [4.78, 5) is 24.3. The van der Waals surface area contributed by atoms with E-state index in [0.717, 1.165) is 17.7 Å². The van der Waals surface area contributed by atoms with E-state index < -0.39 is 0 Å². The van der Waals surface area contributed by atoms with Crippen LogP contribution in [0.5, 0.6) is 0 Å². The highest BCUT2D eigenvalue weighted by molar-refractivity contribution is 5.83. The minimum absolute atomic E-state index is 0.228. The number of rotatable bonds is 3. The molecule has 4 heteroatoms. The Balaban J connectivity index is 2.24. The molecule has 17 heavy (non-hydrogen) atoms. The Morgan fingerprint density at radius 2 is 2.29 bits per heavy atom. The van der Waals surface area contributed by atoms with E-state index in [2.05, 4.69) is 0 Å². The lowest BCUT2D eigenvalue weighted by molar-refractivity contribution is -0.147. The molecule has 90 valence electrons. The number of benzene rings is 1. The fraction of sp³-hybridized carbons (Fsp3) is 0.385. The first-order valence-corrected chi connectivity index (χ1v) is 5.72. The molecule has 4 nitrogen and oxygen atoms in total. The Labute approximate surface area is 100 Å². The highest BCUT2D eigenvalue weighted by Gasteiger charge is 2.29. The van der Waals surface area contributed by atoms with Crippen molar-refractivity contribution < 1.29 is 14.3 Å². The van der Waals surface area contributed by atoms with Crippen molar-refractivity contribution in [2.45, 2.75) is 13.3 Å². The molecule has 1 heterocycles. The van der Waals surface area contributed by atoms with E-state index in [1.807, 2.05) is 24.3 Å². The van der Waals surface area contributed by atoms with Crippen molar-refractivity contribution in [3.05, 3.63) is 29.8 Å². The lowest BCUT2D eigenvalue weighted by Gasteiger charge is -2.30. The molecule has 0 fully saturated rings. The van der Waals surface area contributed by atoms with Gasteiger partial charge in [-0.2, -0.15) is 0 Å². The number of hydrogen-bond donors (Lipinski definition) is 0. The predicted molar refractivity (Wildman–Crippen MR) is 63.7 cm³/mol. The van der Waals surface area contributed by atoms with Crippen LogP contribution in [0.1, 0.15) is 12.5 Å². The van der Waals surface area contributed by atoms with Crippen molar-refractivity contribution in [2.24, 2.45) is 5.92 Å². The topological polar surface area (TPSA) is 46.6 Å². The lowest BCUT2D eigenvalue weighted by atomic mass is 9.93. The minimum atomic E-state index is -0.255. The van der Waals surface area contributed by atoms with E-state index >= 15 is 0 Å². The minimum Gasteiger partial charge on any atom is -0.466 e. The Bertz CT molecular complexity index is 430. The standard InChI is InChI=1S/C13H15NO3/c1-2-17-13(16)11-7-10-5-3-4-6-12(10)14(8-11)9-15/h3-6,9,11H,2,7-8H2,1H3. The molecular weight excluding hydrogens is 218 g/mol. The summed E-state index contributed by atoms with van der Waals surface area (Å²) in [6, 6.07) is 7.64. The zero-order valence-corrected chi connectivity index (χ0v) is 9.76. The summed E-state index contributed by atoms with van der Waals surface area (Å²) in [5.41, 5.74) is 1.91. The Kier molecular flexibility index (Phi) is 3.42. The van der Waals surface area contributed by atoms with Gasteiger partial charge in [-0.05, 0) is 25.0 Å². The third-order valence-corrected chi connectivity index (χ3v) is 2.93. The Morgan fingerprint density at radius 1 is 1.53 bits per heavy atom. The van der Waals surface area contributed by atoms with Crippen LogP contribution in [0.15, 0.2) is 24.3 Å². The molecule has 1 aliphatic rings. The molecule has 2 rings (SSSR count). The fourth-order valence-corrected chi connectivity index (χ4v) is 2.15. The second kappa shape index (κ2) is 4.99. The monoisotopic (exact) mass is 233 g/mol. The molecule has 0 radical (unpaired) electrons. The highest BCUT2D eigenvalue weighted by Crippen LogP contribution is 2.28. The van der Waals surface area contributed by atoms with Gasteiger partial charge in [0.1, 0.15) is 0 Å². The van der Waals surface area contributed by atoms with Crippen LogP contribution >= 0.6 is 0 Å². The van der Waals surface area contributed by atoms with E-state index in [4.69, 9.17) is 4.74 Å². The molecule has 0 saturated heterocycles. The molecule has 1 aliphatic heterocycles. The molecule has 0 bridgehead atoms. The first-order valence-electron chi connectivity index (χ1n) is 5.72. The molecule has 1 amide bonds. The van der Waals surface area contributed by atoms with Gasteiger partial charge in [0.05, 0.1) is 12.5 Å². The van der Waals surface area contributed by atoms with E-state index in [9.17, 15) is 9.59 Å². The number of hydrogen-bond acceptors (Lipinski definition) is 3. The lowest BCUT2D eigenvalue weighted by Crippen LogP contribution is -2.38. The third-order valence-electron chi connectivity index (χ3n) is 2.93. The maximum Gasteiger partial charge on any atom is 0.311 e. The number of fused-ring (bicyclic) bond motifs is 1. The van der Waals surface area contributed by atoms with Gasteiger partial charge in [-0.25, -0.2) is 0 Å². The number of carbonyl (C=O) groups excluding carboxylic acids is 2. The summed E-state index contributed by atoms with van der Waals surface area (Å²) in [5.74, 6) is -0.482. The first kappa shape index (κ1) is 11.6. The summed E-state index contributed by atoms with van der Waals surface area (Å²) < 4.78 is 5.01. The maximum atomic E-state index is 11.7. The van der Waals surface area contributed by atoms with E-state index in [1.165, 1.54) is 0 Å². The first-order chi connectivity index (χ1) is 8.26. The molecule has 1 aromatic carbocycles. The van der Waals surface area contributed by atoms with Crippen molar-refractivity contribution >= 4 is 18.1 Å². The summed E-state index contributed by atoms with van der Waals surface area (Å²) in [6.45, 7) is 2.56. The second-order valence-electron chi connectivity index (χ2n) is 4.04. The largest absolute Gasteiger partial charge is 0.466 e. The number of para-hydroxylation sites is 1. The van der Waals surface area contributed by atoms with Gasteiger partial charge in [0.2, 0.25) is 6.41 Å². The molecule has 0 saturated carbocycles. The van der Waals surface area contributed by atoms with Crippen molar-refractivity contribution in [1.29, 1.82) is 0 Å².